The molecule has 0 saturated heterocycles. The first-order chi connectivity index (χ1) is 16.1. The van der Waals surface area contributed by atoms with Crippen LogP contribution in [-0.2, 0) is 19.6 Å². The topological polar surface area (TPSA) is 130 Å². The van der Waals surface area contributed by atoms with Crippen molar-refractivity contribution in [3.63, 3.8) is 0 Å². The molecule has 2 atom stereocenters. The number of sulfonamides is 1. The van der Waals surface area contributed by atoms with Crippen molar-refractivity contribution in [2.75, 3.05) is 6.61 Å². The summed E-state index contributed by atoms with van der Waals surface area (Å²) >= 11 is 5.90. The maximum atomic E-state index is 13.0. The lowest BCUT2D eigenvalue weighted by molar-refractivity contribution is -0.140. The van der Waals surface area contributed by atoms with Crippen LogP contribution in [0.2, 0.25) is 5.02 Å². The van der Waals surface area contributed by atoms with Gasteiger partial charge in [0.15, 0.2) is 6.61 Å². The molecule has 0 aliphatic heterocycles. The minimum absolute atomic E-state index is 0.0484. The van der Waals surface area contributed by atoms with Gasteiger partial charge in [0.1, 0.15) is 11.3 Å². The number of benzene rings is 3. The lowest BCUT2D eigenvalue weighted by Gasteiger charge is -2.16. The van der Waals surface area contributed by atoms with Crippen molar-refractivity contribution in [3.8, 4) is 16.9 Å². The Morgan fingerprint density at radius 1 is 1.00 bits per heavy atom. The number of nitrogens with one attached hydrogen (secondary N) is 1. The van der Waals surface area contributed by atoms with Crippen LogP contribution in [0, 0.1) is 0 Å². The lowest BCUT2D eigenvalue weighted by atomic mass is 10.1. The number of aliphatic carboxylic acids is 2. The third-order valence-corrected chi connectivity index (χ3v) is 7.40. The average Bonchev–Trinajstić information content (AvgIpc) is 3.53. The van der Waals surface area contributed by atoms with Crippen LogP contribution in [0.15, 0.2) is 77.7 Å². The van der Waals surface area contributed by atoms with Gasteiger partial charge in [-0.3, -0.25) is 4.79 Å². The summed E-state index contributed by atoms with van der Waals surface area (Å²) in [6, 6.07) is 19.5. The summed E-state index contributed by atoms with van der Waals surface area (Å²) in [5.74, 6) is -2.82. The molecule has 0 radical (unpaired) electrons. The van der Waals surface area contributed by atoms with Gasteiger partial charge in [0.2, 0.25) is 10.0 Å². The molecule has 8 nitrogen and oxygen atoms in total. The van der Waals surface area contributed by atoms with Gasteiger partial charge in [-0.1, -0.05) is 48.0 Å². The SMILES string of the molecule is O=C(O)COc1cccc(C2CC2(NS(=O)(=O)c2ccc(-c3ccc(Cl)cc3)cc2)C(=O)O)c1. The molecule has 4 rings (SSSR count). The summed E-state index contributed by atoms with van der Waals surface area (Å²) in [4.78, 5) is 22.8. The summed E-state index contributed by atoms with van der Waals surface area (Å²) in [6.07, 6.45) is 0.0484. The third-order valence-electron chi connectivity index (χ3n) is 5.62. The summed E-state index contributed by atoms with van der Waals surface area (Å²) in [5, 5.41) is 19.2. The highest BCUT2D eigenvalue weighted by Gasteiger charge is 2.63. The van der Waals surface area contributed by atoms with Gasteiger partial charge in [0, 0.05) is 10.9 Å². The number of hydrogen-bond acceptors (Lipinski definition) is 5. The molecule has 1 saturated carbocycles. The highest BCUT2D eigenvalue weighted by Crippen LogP contribution is 2.53. The van der Waals surface area contributed by atoms with Crippen molar-refractivity contribution >= 4 is 33.6 Å². The number of carboxylic acid groups (broad SMARTS) is 2. The Morgan fingerprint density at radius 2 is 1.62 bits per heavy atom. The second-order valence-electron chi connectivity index (χ2n) is 7.92. The van der Waals surface area contributed by atoms with Crippen LogP contribution in [-0.4, -0.2) is 42.7 Å². The molecule has 2 unspecified atom stereocenters. The zero-order chi connectivity index (χ0) is 24.5. The number of ether oxygens (including phenoxy) is 1. The summed E-state index contributed by atoms with van der Waals surface area (Å²) in [5.41, 5.74) is 0.465. The highest BCUT2D eigenvalue weighted by molar-refractivity contribution is 7.89. The van der Waals surface area contributed by atoms with Crippen molar-refractivity contribution < 1.29 is 33.0 Å². The Kier molecular flexibility index (Phi) is 6.35. The van der Waals surface area contributed by atoms with E-state index in [-0.39, 0.29) is 17.1 Å². The molecule has 176 valence electrons. The van der Waals surface area contributed by atoms with Crippen LogP contribution in [0.25, 0.3) is 11.1 Å². The average molecular weight is 502 g/mol. The molecule has 0 aromatic heterocycles. The predicted octanol–water partition coefficient (Wildman–Crippen LogP) is 3.76. The van der Waals surface area contributed by atoms with Gasteiger partial charge in [0.25, 0.3) is 0 Å². The van der Waals surface area contributed by atoms with E-state index in [4.69, 9.17) is 21.4 Å². The van der Waals surface area contributed by atoms with Crippen molar-refractivity contribution in [1.29, 1.82) is 0 Å². The van der Waals surface area contributed by atoms with E-state index in [9.17, 15) is 23.1 Å². The summed E-state index contributed by atoms with van der Waals surface area (Å²) in [7, 11) is -4.14. The van der Waals surface area contributed by atoms with Crippen LogP contribution < -0.4 is 9.46 Å². The number of rotatable bonds is 9. The zero-order valence-electron chi connectivity index (χ0n) is 17.6. The molecule has 0 heterocycles. The van der Waals surface area contributed by atoms with E-state index in [0.717, 1.165) is 11.1 Å². The van der Waals surface area contributed by atoms with Crippen LogP contribution in [0.3, 0.4) is 0 Å². The Morgan fingerprint density at radius 3 is 2.21 bits per heavy atom. The fourth-order valence-electron chi connectivity index (χ4n) is 3.79. The maximum absolute atomic E-state index is 13.0. The van der Waals surface area contributed by atoms with E-state index in [1.165, 1.54) is 18.2 Å². The largest absolute Gasteiger partial charge is 0.482 e. The zero-order valence-corrected chi connectivity index (χ0v) is 19.2. The molecule has 34 heavy (non-hydrogen) atoms. The molecule has 1 aliphatic rings. The summed E-state index contributed by atoms with van der Waals surface area (Å²) < 4.78 is 33.6. The lowest BCUT2D eigenvalue weighted by Crippen LogP contribution is -2.44. The second-order valence-corrected chi connectivity index (χ2v) is 10.0. The van der Waals surface area contributed by atoms with Crippen LogP contribution in [0.5, 0.6) is 5.75 Å². The quantitative estimate of drug-likeness (QED) is 0.407. The molecule has 3 N–H and O–H groups in total. The minimum Gasteiger partial charge on any atom is -0.482 e. The molecule has 3 aromatic carbocycles. The van der Waals surface area contributed by atoms with Gasteiger partial charge in [-0.05, 0) is 59.5 Å². The smallest absolute Gasteiger partial charge is 0.341 e. The van der Waals surface area contributed by atoms with Crippen molar-refractivity contribution in [2.45, 2.75) is 22.8 Å². The van der Waals surface area contributed by atoms with E-state index >= 15 is 0 Å². The second kappa shape index (κ2) is 9.09. The van der Waals surface area contributed by atoms with Crippen molar-refractivity contribution in [2.24, 2.45) is 0 Å². The Hall–Kier alpha value is -3.40. The monoisotopic (exact) mass is 501 g/mol. The van der Waals surface area contributed by atoms with Crippen molar-refractivity contribution in [3.05, 3.63) is 83.4 Å². The number of hydrogen-bond donors (Lipinski definition) is 3. The fourth-order valence-corrected chi connectivity index (χ4v) is 5.32. The van der Waals surface area contributed by atoms with Crippen LogP contribution in [0.1, 0.15) is 17.9 Å². The number of carboxylic acids is 2. The maximum Gasteiger partial charge on any atom is 0.341 e. The van der Waals surface area contributed by atoms with E-state index in [0.29, 0.717) is 10.6 Å². The molecular formula is C24H20ClNO7S. The van der Waals surface area contributed by atoms with Gasteiger partial charge in [-0.15, -0.1) is 0 Å². The van der Waals surface area contributed by atoms with E-state index < -0.39 is 40.0 Å². The number of halogens is 1. The highest BCUT2D eigenvalue weighted by atomic mass is 35.5. The Bertz CT molecular complexity index is 1340. The van der Waals surface area contributed by atoms with E-state index in [1.807, 2.05) is 12.1 Å². The molecular weight excluding hydrogens is 482 g/mol. The molecule has 1 aliphatic carbocycles. The van der Waals surface area contributed by atoms with Gasteiger partial charge in [-0.25, -0.2) is 13.2 Å². The summed E-state index contributed by atoms with van der Waals surface area (Å²) in [6.45, 7) is -0.545. The molecule has 10 heteroatoms. The van der Waals surface area contributed by atoms with Gasteiger partial charge in [-0.2, -0.15) is 4.72 Å². The fraction of sp³-hybridized carbons (Fsp3) is 0.167. The first-order valence-electron chi connectivity index (χ1n) is 10.2. The molecule has 0 spiro atoms. The Balaban J connectivity index is 1.54. The van der Waals surface area contributed by atoms with E-state index in [1.54, 1.807) is 42.5 Å². The third kappa shape index (κ3) is 4.91. The first kappa shape index (κ1) is 23.7. The normalized spacial score (nSPS) is 19.4. The van der Waals surface area contributed by atoms with E-state index in [2.05, 4.69) is 4.72 Å². The minimum atomic E-state index is -4.14. The molecule has 3 aromatic rings. The van der Waals surface area contributed by atoms with Gasteiger partial charge >= 0.3 is 11.9 Å². The predicted molar refractivity (Wildman–Crippen MR) is 125 cm³/mol. The van der Waals surface area contributed by atoms with Crippen molar-refractivity contribution in [1.82, 2.24) is 4.72 Å². The first-order valence-corrected chi connectivity index (χ1v) is 12.0. The number of carbonyl (C=O) groups is 2. The van der Waals surface area contributed by atoms with Gasteiger partial charge in [0.05, 0.1) is 4.90 Å². The van der Waals surface area contributed by atoms with Crippen LogP contribution >= 0.6 is 11.6 Å². The van der Waals surface area contributed by atoms with Crippen LogP contribution in [0.4, 0.5) is 0 Å². The van der Waals surface area contributed by atoms with Gasteiger partial charge < -0.3 is 14.9 Å². The molecule has 0 amide bonds. The standard InChI is InChI=1S/C24H20ClNO7S/c25-18-8-4-15(5-9-18)16-6-10-20(11-7-16)34(31,32)26-24(23(29)30)13-21(24)17-2-1-3-19(12-17)33-14-22(27)28/h1-12,21,26H,13-14H2,(H,27,28)(H,29,30). The molecule has 1 fully saturated rings. The Labute approximate surface area is 200 Å². The molecule has 0 bridgehead atoms.